The van der Waals surface area contributed by atoms with E-state index >= 15 is 0 Å². The number of ether oxygens (including phenoxy) is 3. The lowest BCUT2D eigenvalue weighted by Crippen LogP contribution is -2.50. The van der Waals surface area contributed by atoms with Crippen molar-refractivity contribution in [2.45, 2.75) is 45.4 Å². The molecule has 1 aromatic rings. The van der Waals surface area contributed by atoms with Gasteiger partial charge in [-0.1, -0.05) is 12.1 Å². The Balaban J connectivity index is 3.39. The second-order valence-corrected chi connectivity index (χ2v) is 10.5. The van der Waals surface area contributed by atoms with Gasteiger partial charge < -0.3 is 18.6 Å². The van der Waals surface area contributed by atoms with Gasteiger partial charge >= 0.3 is 0 Å². The molecule has 128 valence electrons. The molecule has 0 bridgehead atoms. The number of methoxy groups -OCH3 is 1. The summed E-state index contributed by atoms with van der Waals surface area (Å²) in [7, 11) is -0.447. The van der Waals surface area contributed by atoms with Gasteiger partial charge in [0.1, 0.15) is 11.8 Å². The summed E-state index contributed by atoms with van der Waals surface area (Å²) in [6, 6.07) is 9.59. The molecule has 0 amide bonds. The van der Waals surface area contributed by atoms with E-state index in [9.17, 15) is 5.26 Å². The van der Waals surface area contributed by atoms with E-state index < -0.39 is 20.2 Å². The van der Waals surface area contributed by atoms with Gasteiger partial charge in [0, 0.05) is 18.8 Å². The molecule has 1 aromatic carbocycles. The maximum Gasteiger partial charge on any atom is 0.221 e. The molecule has 0 N–H and O–H groups in total. The van der Waals surface area contributed by atoms with Crippen molar-refractivity contribution < 1.29 is 18.6 Å². The van der Waals surface area contributed by atoms with E-state index in [4.69, 9.17) is 18.6 Å². The van der Waals surface area contributed by atoms with Crippen LogP contribution in [0.15, 0.2) is 24.3 Å². The van der Waals surface area contributed by atoms with E-state index in [-0.39, 0.29) is 0 Å². The second-order valence-electron chi connectivity index (χ2n) is 6.03. The van der Waals surface area contributed by atoms with Crippen molar-refractivity contribution in [3.8, 4) is 11.8 Å². The predicted octanol–water partition coefficient (Wildman–Crippen LogP) is 3.66. The summed E-state index contributed by atoms with van der Waals surface area (Å²) < 4.78 is 22.9. The molecule has 0 aliphatic rings. The summed E-state index contributed by atoms with van der Waals surface area (Å²) in [4.78, 5) is 0. The SMILES string of the molecule is CCOC(OCC)C(C#N)(O[Si](C)(C)C)c1ccc(OC)cc1. The quantitative estimate of drug-likeness (QED) is 0.508. The molecule has 23 heavy (non-hydrogen) atoms. The molecular formula is C17H27NO4Si. The topological polar surface area (TPSA) is 60.7 Å². The average molecular weight is 337 g/mol. The molecule has 5 nitrogen and oxygen atoms in total. The Morgan fingerprint density at radius 3 is 1.96 bits per heavy atom. The van der Waals surface area contributed by atoms with Crippen LogP contribution in [0.4, 0.5) is 0 Å². The van der Waals surface area contributed by atoms with Gasteiger partial charge in [-0.15, -0.1) is 0 Å². The fraction of sp³-hybridized carbons (Fsp3) is 0.588. The number of nitriles is 1. The van der Waals surface area contributed by atoms with Crippen molar-refractivity contribution >= 4 is 8.32 Å². The maximum absolute atomic E-state index is 10.00. The first kappa shape index (κ1) is 19.7. The molecule has 0 fully saturated rings. The fourth-order valence-electron chi connectivity index (χ4n) is 2.29. The van der Waals surface area contributed by atoms with Gasteiger partial charge in [0.2, 0.25) is 11.9 Å². The highest BCUT2D eigenvalue weighted by molar-refractivity contribution is 6.69. The van der Waals surface area contributed by atoms with Gasteiger partial charge in [-0.05, 0) is 45.6 Å². The van der Waals surface area contributed by atoms with Gasteiger partial charge in [0.25, 0.3) is 0 Å². The molecule has 0 aromatic heterocycles. The molecular weight excluding hydrogens is 310 g/mol. The zero-order chi connectivity index (χ0) is 17.5. The average Bonchev–Trinajstić information content (AvgIpc) is 2.52. The summed E-state index contributed by atoms with van der Waals surface area (Å²) >= 11 is 0. The third-order valence-electron chi connectivity index (χ3n) is 3.12. The van der Waals surface area contributed by atoms with E-state index in [0.29, 0.717) is 18.8 Å². The Kier molecular flexibility index (Phi) is 7.23. The molecule has 0 saturated carbocycles. The minimum atomic E-state index is -2.05. The largest absolute Gasteiger partial charge is 0.497 e. The Hall–Kier alpha value is -1.39. The van der Waals surface area contributed by atoms with Gasteiger partial charge in [0.15, 0.2) is 8.32 Å². The van der Waals surface area contributed by atoms with Gasteiger partial charge in [0.05, 0.1) is 7.11 Å². The van der Waals surface area contributed by atoms with Crippen molar-refractivity contribution in [3.63, 3.8) is 0 Å². The van der Waals surface area contributed by atoms with Crippen LogP contribution >= 0.6 is 0 Å². The number of nitrogens with zero attached hydrogens (tertiary/aromatic N) is 1. The van der Waals surface area contributed by atoms with Crippen molar-refractivity contribution in [2.75, 3.05) is 20.3 Å². The van der Waals surface area contributed by atoms with E-state index in [0.717, 1.165) is 5.75 Å². The molecule has 0 aliphatic carbocycles. The Morgan fingerprint density at radius 1 is 1.09 bits per heavy atom. The lowest BCUT2D eigenvalue weighted by atomic mass is 9.94. The summed E-state index contributed by atoms with van der Waals surface area (Å²) in [5, 5.41) is 10.00. The molecule has 0 aliphatic heterocycles. The number of hydrogen-bond donors (Lipinski definition) is 0. The van der Waals surface area contributed by atoms with Crippen LogP contribution < -0.4 is 4.74 Å². The summed E-state index contributed by atoms with van der Waals surface area (Å²) in [6.07, 6.45) is -0.789. The number of rotatable bonds is 9. The Morgan fingerprint density at radius 2 is 1.61 bits per heavy atom. The molecule has 0 spiro atoms. The first-order valence-corrected chi connectivity index (χ1v) is 11.2. The highest BCUT2D eigenvalue weighted by Crippen LogP contribution is 2.35. The van der Waals surface area contributed by atoms with Crippen LogP contribution in [0.5, 0.6) is 5.75 Å². The third kappa shape index (κ3) is 5.04. The third-order valence-corrected chi connectivity index (χ3v) is 4.05. The van der Waals surface area contributed by atoms with Crippen LogP contribution in [0.3, 0.4) is 0 Å². The lowest BCUT2D eigenvalue weighted by molar-refractivity contribution is -0.213. The monoisotopic (exact) mass is 337 g/mol. The zero-order valence-corrected chi connectivity index (χ0v) is 15.9. The highest BCUT2D eigenvalue weighted by Gasteiger charge is 2.47. The van der Waals surface area contributed by atoms with Gasteiger partial charge in [-0.25, -0.2) is 0 Å². The van der Waals surface area contributed by atoms with Crippen LogP contribution in [0.1, 0.15) is 19.4 Å². The van der Waals surface area contributed by atoms with Gasteiger partial charge in [-0.2, -0.15) is 5.26 Å². The molecule has 1 atom stereocenters. The minimum Gasteiger partial charge on any atom is -0.497 e. The van der Waals surface area contributed by atoms with Crippen molar-refractivity contribution in [2.24, 2.45) is 0 Å². The van der Waals surface area contributed by atoms with Gasteiger partial charge in [-0.3, -0.25) is 0 Å². The summed E-state index contributed by atoms with van der Waals surface area (Å²) in [5.41, 5.74) is -0.599. The van der Waals surface area contributed by atoms with Crippen molar-refractivity contribution in [1.29, 1.82) is 5.26 Å². The lowest BCUT2D eigenvalue weighted by Gasteiger charge is -2.39. The molecule has 0 heterocycles. The van der Waals surface area contributed by atoms with Crippen LogP contribution in [0, 0.1) is 11.3 Å². The van der Waals surface area contributed by atoms with E-state index in [1.807, 2.05) is 57.8 Å². The molecule has 6 heteroatoms. The van der Waals surface area contributed by atoms with Crippen LogP contribution in [-0.2, 0) is 19.5 Å². The molecule has 1 rings (SSSR count). The smallest absolute Gasteiger partial charge is 0.221 e. The first-order chi connectivity index (χ1) is 10.8. The standard InChI is InChI=1S/C17H27NO4Si/c1-7-20-16(21-8-2)17(13-18,22-23(4,5)6)14-9-11-15(19-3)12-10-14/h9-12,16H,7-8H2,1-6H3. The predicted molar refractivity (Wildman–Crippen MR) is 91.8 cm³/mol. The first-order valence-electron chi connectivity index (χ1n) is 7.82. The number of benzene rings is 1. The maximum atomic E-state index is 10.00. The van der Waals surface area contributed by atoms with Crippen LogP contribution in [0.25, 0.3) is 0 Å². The highest BCUT2D eigenvalue weighted by atomic mass is 28.4. The van der Waals surface area contributed by atoms with Crippen LogP contribution in [0.2, 0.25) is 19.6 Å². The van der Waals surface area contributed by atoms with E-state index in [1.54, 1.807) is 7.11 Å². The van der Waals surface area contributed by atoms with Crippen molar-refractivity contribution in [3.05, 3.63) is 29.8 Å². The summed E-state index contributed by atoms with van der Waals surface area (Å²) in [5.74, 6) is 0.720. The van der Waals surface area contributed by atoms with Crippen LogP contribution in [-0.4, -0.2) is 34.9 Å². The fourth-order valence-corrected chi connectivity index (χ4v) is 3.52. The second kappa shape index (κ2) is 8.46. The number of hydrogen-bond acceptors (Lipinski definition) is 5. The Labute approximate surface area is 140 Å². The molecule has 0 saturated heterocycles. The van der Waals surface area contributed by atoms with E-state index in [2.05, 4.69) is 6.07 Å². The summed E-state index contributed by atoms with van der Waals surface area (Å²) in [6.45, 7) is 10.7. The zero-order valence-electron chi connectivity index (χ0n) is 14.9. The normalized spacial score (nSPS) is 14.3. The van der Waals surface area contributed by atoms with Crippen molar-refractivity contribution in [1.82, 2.24) is 0 Å². The minimum absolute atomic E-state index is 0.430. The molecule has 1 unspecified atom stereocenters. The molecule has 0 radical (unpaired) electrons. The van der Waals surface area contributed by atoms with E-state index in [1.165, 1.54) is 0 Å². The Bertz CT molecular complexity index is 515.